The number of rotatable bonds is 8. The number of benzene rings is 3. The van der Waals surface area contributed by atoms with Gasteiger partial charge in [-0.2, -0.15) is 0 Å². The van der Waals surface area contributed by atoms with Gasteiger partial charge in [-0.25, -0.2) is 4.98 Å². The molecule has 8 heteroatoms. The number of nitrogens with one attached hydrogen (secondary N) is 1. The van der Waals surface area contributed by atoms with Crippen LogP contribution < -0.4 is 10.1 Å². The summed E-state index contributed by atoms with van der Waals surface area (Å²) in [5, 5.41) is 2.84. The van der Waals surface area contributed by atoms with E-state index in [9.17, 15) is 9.59 Å². The number of aryl methyl sites for hydroxylation is 1. The number of hydrogen-bond acceptors (Lipinski definition) is 6. The fraction of sp³-hybridized carbons (Fsp3) is 0.182. The van der Waals surface area contributed by atoms with Gasteiger partial charge in [-0.15, -0.1) is 0 Å². The highest BCUT2D eigenvalue weighted by atomic mass is 16.5. The monoisotopic (exact) mass is 547 g/mol. The number of aromatic nitrogens is 1. The van der Waals surface area contributed by atoms with E-state index in [0.29, 0.717) is 31.0 Å². The molecular weight excluding hydrogens is 518 g/mol. The van der Waals surface area contributed by atoms with Gasteiger partial charge in [0, 0.05) is 13.1 Å². The molecule has 5 aromatic rings. The van der Waals surface area contributed by atoms with Crippen LogP contribution in [0.25, 0.3) is 0 Å². The van der Waals surface area contributed by atoms with Crippen molar-refractivity contribution in [2.75, 3.05) is 6.54 Å². The van der Waals surface area contributed by atoms with Gasteiger partial charge < -0.3 is 23.8 Å². The molecule has 3 heterocycles. The maximum absolute atomic E-state index is 13.5. The Labute approximate surface area is 237 Å². The summed E-state index contributed by atoms with van der Waals surface area (Å²) in [4.78, 5) is 32.1. The Morgan fingerprint density at radius 1 is 1.00 bits per heavy atom. The standard InChI is InChI=1S/C33H29N3O5/c1-22-7-5-10-25(17-22)31-27-18-26(13-12-24(27)14-15-36(31)33(38)29-11-6-16-39-29)40-21-30-35-28(20-41-30)32(37)34-19-23-8-3-2-4-9-23/h2-13,16-18,20,31H,14-15,19,21H2,1H3,(H,34,37)/t31-/m0/s1. The number of nitrogens with zero attached hydrogens (tertiary/aromatic N) is 2. The van der Waals surface area contributed by atoms with Crippen LogP contribution >= 0.6 is 0 Å². The number of fused-ring (bicyclic) bond motifs is 1. The highest BCUT2D eigenvalue weighted by Crippen LogP contribution is 2.38. The average Bonchev–Trinajstić information content (AvgIpc) is 3.71. The quantitative estimate of drug-likeness (QED) is 0.261. The van der Waals surface area contributed by atoms with Gasteiger partial charge in [-0.1, -0.05) is 66.2 Å². The molecule has 0 saturated heterocycles. The zero-order valence-corrected chi connectivity index (χ0v) is 22.6. The topological polar surface area (TPSA) is 97.8 Å². The van der Waals surface area contributed by atoms with Crippen LogP contribution in [0, 0.1) is 6.92 Å². The first-order chi connectivity index (χ1) is 20.0. The lowest BCUT2D eigenvalue weighted by Crippen LogP contribution is -2.40. The normalized spacial score (nSPS) is 14.4. The molecule has 1 atom stereocenters. The first-order valence-corrected chi connectivity index (χ1v) is 13.5. The van der Waals surface area contributed by atoms with E-state index in [-0.39, 0.29) is 36.0 Å². The van der Waals surface area contributed by atoms with Gasteiger partial charge in [-0.05, 0) is 59.9 Å². The molecule has 3 aromatic carbocycles. The molecule has 41 heavy (non-hydrogen) atoms. The van der Waals surface area contributed by atoms with Crippen LogP contribution in [0.15, 0.2) is 106 Å². The maximum Gasteiger partial charge on any atom is 0.290 e. The lowest BCUT2D eigenvalue weighted by atomic mass is 9.87. The number of furan rings is 1. The second kappa shape index (κ2) is 11.6. The van der Waals surface area contributed by atoms with Gasteiger partial charge in [0.2, 0.25) is 5.89 Å². The molecule has 1 N–H and O–H groups in total. The Hall–Kier alpha value is -5.11. The van der Waals surface area contributed by atoms with Crippen LogP contribution in [0.2, 0.25) is 0 Å². The molecule has 0 spiro atoms. The van der Waals surface area contributed by atoms with E-state index in [2.05, 4.69) is 16.4 Å². The average molecular weight is 548 g/mol. The van der Waals surface area contributed by atoms with E-state index in [1.165, 1.54) is 12.5 Å². The number of amides is 2. The van der Waals surface area contributed by atoms with E-state index in [0.717, 1.165) is 27.8 Å². The number of hydrogen-bond donors (Lipinski definition) is 1. The van der Waals surface area contributed by atoms with Crippen LogP contribution in [-0.2, 0) is 19.6 Å². The van der Waals surface area contributed by atoms with Crippen molar-refractivity contribution in [1.29, 1.82) is 0 Å². The first-order valence-electron chi connectivity index (χ1n) is 13.5. The van der Waals surface area contributed by atoms with Crippen molar-refractivity contribution in [3.05, 3.63) is 143 Å². The molecule has 1 aliphatic heterocycles. The SMILES string of the molecule is Cc1cccc([C@H]2c3cc(OCc4nc(C(=O)NCc5ccccc5)co4)ccc3CCN2C(=O)c2ccco2)c1. The summed E-state index contributed by atoms with van der Waals surface area (Å²) in [6, 6.07) is 26.9. The highest BCUT2D eigenvalue weighted by molar-refractivity contribution is 5.92. The van der Waals surface area contributed by atoms with E-state index in [1.807, 2.05) is 78.6 Å². The van der Waals surface area contributed by atoms with Crippen molar-refractivity contribution in [1.82, 2.24) is 15.2 Å². The third-order valence-corrected chi connectivity index (χ3v) is 7.14. The number of oxazole rings is 1. The third-order valence-electron chi connectivity index (χ3n) is 7.14. The minimum Gasteiger partial charge on any atom is -0.484 e. The first kappa shape index (κ1) is 26.1. The summed E-state index contributed by atoms with van der Waals surface area (Å²) in [5.41, 5.74) is 5.46. The van der Waals surface area contributed by atoms with Crippen LogP contribution in [0.4, 0.5) is 0 Å². The van der Waals surface area contributed by atoms with Crippen molar-refractivity contribution < 1.29 is 23.2 Å². The lowest BCUT2D eigenvalue weighted by molar-refractivity contribution is 0.0661. The zero-order chi connectivity index (χ0) is 28.2. The molecule has 6 rings (SSSR count). The predicted molar refractivity (Wildman–Crippen MR) is 151 cm³/mol. The molecule has 0 radical (unpaired) electrons. The van der Waals surface area contributed by atoms with Gasteiger partial charge in [-0.3, -0.25) is 9.59 Å². The van der Waals surface area contributed by atoms with Crippen molar-refractivity contribution in [3.63, 3.8) is 0 Å². The van der Waals surface area contributed by atoms with E-state index >= 15 is 0 Å². The van der Waals surface area contributed by atoms with Gasteiger partial charge >= 0.3 is 0 Å². The minimum atomic E-state index is -0.319. The molecule has 0 unspecified atom stereocenters. The minimum absolute atomic E-state index is 0.0505. The summed E-state index contributed by atoms with van der Waals surface area (Å²) in [6.07, 6.45) is 3.56. The highest BCUT2D eigenvalue weighted by Gasteiger charge is 2.34. The molecule has 0 bridgehead atoms. The summed E-state index contributed by atoms with van der Waals surface area (Å²) < 4.78 is 17.0. The van der Waals surface area contributed by atoms with Gasteiger partial charge in [0.25, 0.3) is 11.8 Å². The predicted octanol–water partition coefficient (Wildman–Crippen LogP) is 5.87. The smallest absolute Gasteiger partial charge is 0.290 e. The van der Waals surface area contributed by atoms with Gasteiger partial charge in [0.1, 0.15) is 12.0 Å². The number of ether oxygens (including phenoxy) is 1. The Morgan fingerprint density at radius 2 is 1.88 bits per heavy atom. The Morgan fingerprint density at radius 3 is 2.68 bits per heavy atom. The molecule has 2 aromatic heterocycles. The van der Waals surface area contributed by atoms with Crippen LogP contribution in [0.3, 0.4) is 0 Å². The maximum atomic E-state index is 13.5. The van der Waals surface area contributed by atoms with Crippen LogP contribution in [-0.4, -0.2) is 28.2 Å². The van der Waals surface area contributed by atoms with E-state index in [1.54, 1.807) is 12.1 Å². The van der Waals surface area contributed by atoms with Crippen molar-refractivity contribution >= 4 is 11.8 Å². The zero-order valence-electron chi connectivity index (χ0n) is 22.6. The Balaban J connectivity index is 1.19. The van der Waals surface area contributed by atoms with Crippen LogP contribution in [0.1, 0.15) is 60.8 Å². The molecule has 0 aliphatic carbocycles. The lowest BCUT2D eigenvalue weighted by Gasteiger charge is -2.37. The molecule has 8 nitrogen and oxygen atoms in total. The third kappa shape index (κ3) is 5.77. The van der Waals surface area contributed by atoms with Crippen molar-refractivity contribution in [2.45, 2.75) is 32.5 Å². The summed E-state index contributed by atoms with van der Waals surface area (Å²) in [6.45, 7) is 3.05. The van der Waals surface area contributed by atoms with Gasteiger partial charge in [0.05, 0.1) is 12.3 Å². The summed E-state index contributed by atoms with van der Waals surface area (Å²) >= 11 is 0. The van der Waals surface area contributed by atoms with Crippen LogP contribution in [0.5, 0.6) is 5.75 Å². The van der Waals surface area contributed by atoms with Crippen molar-refractivity contribution in [2.24, 2.45) is 0 Å². The fourth-order valence-electron chi connectivity index (χ4n) is 5.14. The van der Waals surface area contributed by atoms with E-state index < -0.39 is 0 Å². The Bertz CT molecular complexity index is 1660. The molecule has 0 fully saturated rings. The number of carbonyl (C=O) groups is 2. The largest absolute Gasteiger partial charge is 0.484 e. The van der Waals surface area contributed by atoms with Crippen molar-refractivity contribution in [3.8, 4) is 5.75 Å². The second-order valence-electron chi connectivity index (χ2n) is 9.99. The number of carbonyl (C=O) groups excluding carboxylic acids is 2. The summed E-state index contributed by atoms with van der Waals surface area (Å²) in [7, 11) is 0. The molecule has 1 aliphatic rings. The van der Waals surface area contributed by atoms with E-state index in [4.69, 9.17) is 13.6 Å². The molecular formula is C33H29N3O5. The van der Waals surface area contributed by atoms with Gasteiger partial charge in [0.15, 0.2) is 18.1 Å². The molecule has 2 amide bonds. The fourth-order valence-corrected chi connectivity index (χ4v) is 5.14. The Kier molecular flexibility index (Phi) is 7.36. The molecule has 206 valence electrons. The summed E-state index contributed by atoms with van der Waals surface area (Å²) in [5.74, 6) is 0.738. The second-order valence-corrected chi connectivity index (χ2v) is 9.99. The molecule has 0 saturated carbocycles.